The molecule has 0 aliphatic carbocycles. The fourth-order valence-corrected chi connectivity index (χ4v) is 5.09. The molecule has 3 aromatic rings. The summed E-state index contributed by atoms with van der Waals surface area (Å²) in [6.07, 6.45) is 3.30. The van der Waals surface area contributed by atoms with E-state index in [-0.39, 0.29) is 29.3 Å². The average molecular weight is 422 g/mol. The number of nitrogens with zero attached hydrogens (tertiary/aromatic N) is 3. The molecule has 156 valence electrons. The summed E-state index contributed by atoms with van der Waals surface area (Å²) in [6.45, 7) is 4.94. The van der Waals surface area contributed by atoms with Gasteiger partial charge >= 0.3 is 0 Å². The van der Waals surface area contributed by atoms with Crippen LogP contribution in [0.2, 0.25) is 0 Å². The van der Waals surface area contributed by atoms with Crippen molar-refractivity contribution in [2.75, 3.05) is 12.3 Å². The Morgan fingerprint density at radius 1 is 1.13 bits per heavy atom. The fraction of sp³-hybridized carbons (Fsp3) is 0.375. The maximum absolute atomic E-state index is 13.4. The van der Waals surface area contributed by atoms with E-state index in [4.69, 9.17) is 4.98 Å². The molecule has 0 N–H and O–H groups in total. The van der Waals surface area contributed by atoms with Gasteiger partial charge in [0.1, 0.15) is 0 Å². The largest absolute Gasteiger partial charge is 0.339 e. The molecule has 2 aromatic carbocycles. The number of hydrogen-bond donors (Lipinski definition) is 0. The molecule has 2 heterocycles. The third-order valence-corrected chi connectivity index (χ3v) is 6.83. The zero-order valence-corrected chi connectivity index (χ0v) is 18.3. The highest BCUT2D eigenvalue weighted by atomic mass is 32.2. The number of carbonyl (C=O) groups is 1. The Labute approximate surface area is 181 Å². The Kier molecular flexibility index (Phi) is 6.23. The van der Waals surface area contributed by atoms with Crippen molar-refractivity contribution in [2.45, 2.75) is 50.4 Å². The van der Waals surface area contributed by atoms with E-state index in [1.165, 1.54) is 18.2 Å². The Hall–Kier alpha value is -2.60. The van der Waals surface area contributed by atoms with Crippen molar-refractivity contribution >= 4 is 28.6 Å². The summed E-state index contributed by atoms with van der Waals surface area (Å²) in [5.74, 6) is 0.407. The van der Waals surface area contributed by atoms with Crippen LogP contribution in [-0.4, -0.2) is 38.7 Å². The lowest BCUT2D eigenvalue weighted by molar-refractivity contribution is -0.131. The summed E-state index contributed by atoms with van der Waals surface area (Å²) in [5.41, 5.74) is 1.63. The maximum Gasteiger partial charge on any atom is 0.262 e. The van der Waals surface area contributed by atoms with Crippen LogP contribution in [0.3, 0.4) is 0 Å². The van der Waals surface area contributed by atoms with Crippen molar-refractivity contribution < 1.29 is 4.79 Å². The number of piperidine rings is 1. The van der Waals surface area contributed by atoms with Gasteiger partial charge in [-0.25, -0.2) is 4.98 Å². The normalized spacial score (nSPS) is 17.8. The molecule has 1 aromatic heterocycles. The van der Waals surface area contributed by atoms with Gasteiger partial charge in [0.25, 0.3) is 5.56 Å². The zero-order chi connectivity index (χ0) is 21.1. The number of thioether (sulfide) groups is 1. The molecule has 1 amide bonds. The fourth-order valence-electron chi connectivity index (χ4n) is 4.13. The quantitative estimate of drug-likeness (QED) is 0.450. The third-order valence-electron chi connectivity index (χ3n) is 5.89. The van der Waals surface area contributed by atoms with Crippen LogP contribution in [0.5, 0.6) is 0 Å². The predicted octanol–water partition coefficient (Wildman–Crippen LogP) is 4.50. The van der Waals surface area contributed by atoms with Gasteiger partial charge in [0.15, 0.2) is 5.16 Å². The second-order valence-corrected chi connectivity index (χ2v) is 8.84. The molecule has 6 heteroatoms. The van der Waals surface area contributed by atoms with Crippen LogP contribution in [-0.2, 0) is 4.79 Å². The van der Waals surface area contributed by atoms with Crippen LogP contribution < -0.4 is 5.56 Å². The first-order valence-electron chi connectivity index (χ1n) is 10.5. The van der Waals surface area contributed by atoms with E-state index >= 15 is 0 Å². The Balaban J connectivity index is 1.69. The number of rotatable bonds is 5. The standard InChI is InChI=1S/C24H27N3O2S/c1-17-10-8-9-15-26(17)22(28)16-30-24-25-21-14-7-6-13-20(21)23(29)27(24)18(2)19-11-4-3-5-12-19/h3-7,11-14,17-18H,8-10,15-16H2,1-2H3/t17-,18-/m1/s1. The molecule has 5 nitrogen and oxygen atoms in total. The molecule has 0 saturated carbocycles. The molecule has 0 radical (unpaired) electrons. The van der Waals surface area contributed by atoms with Crippen LogP contribution in [0.15, 0.2) is 64.5 Å². The van der Waals surface area contributed by atoms with Crippen molar-refractivity contribution in [1.82, 2.24) is 14.5 Å². The van der Waals surface area contributed by atoms with E-state index in [0.717, 1.165) is 24.9 Å². The number of hydrogen-bond acceptors (Lipinski definition) is 4. The van der Waals surface area contributed by atoms with E-state index in [2.05, 4.69) is 6.92 Å². The summed E-state index contributed by atoms with van der Waals surface area (Å²) < 4.78 is 1.73. The van der Waals surface area contributed by atoms with Crippen molar-refractivity contribution in [3.63, 3.8) is 0 Å². The second kappa shape index (κ2) is 9.04. The molecule has 1 aliphatic heterocycles. The number of amides is 1. The van der Waals surface area contributed by atoms with Gasteiger partial charge in [-0.05, 0) is 50.8 Å². The maximum atomic E-state index is 13.4. The van der Waals surface area contributed by atoms with Crippen molar-refractivity contribution in [1.29, 1.82) is 0 Å². The van der Waals surface area contributed by atoms with E-state index in [0.29, 0.717) is 16.1 Å². The van der Waals surface area contributed by atoms with Crippen LogP contribution in [0.4, 0.5) is 0 Å². The van der Waals surface area contributed by atoms with Crippen molar-refractivity contribution in [3.8, 4) is 0 Å². The average Bonchev–Trinajstić information content (AvgIpc) is 2.78. The highest BCUT2D eigenvalue weighted by Crippen LogP contribution is 2.26. The summed E-state index contributed by atoms with van der Waals surface area (Å²) in [7, 11) is 0. The van der Waals surface area contributed by atoms with Gasteiger partial charge in [-0.1, -0.05) is 54.2 Å². The van der Waals surface area contributed by atoms with Gasteiger partial charge < -0.3 is 4.90 Å². The number of likely N-dealkylation sites (tertiary alicyclic amines) is 1. The van der Waals surface area contributed by atoms with Crippen LogP contribution in [0, 0.1) is 0 Å². The molecule has 30 heavy (non-hydrogen) atoms. The lowest BCUT2D eigenvalue weighted by Crippen LogP contribution is -2.43. The van der Waals surface area contributed by atoms with E-state index in [1.54, 1.807) is 4.57 Å². The number of carbonyl (C=O) groups excluding carboxylic acids is 1. The molecule has 1 saturated heterocycles. The minimum atomic E-state index is -0.178. The summed E-state index contributed by atoms with van der Waals surface area (Å²) >= 11 is 1.36. The lowest BCUT2D eigenvalue weighted by Gasteiger charge is -2.33. The number of aromatic nitrogens is 2. The molecular weight excluding hydrogens is 394 g/mol. The number of benzene rings is 2. The highest BCUT2D eigenvalue weighted by Gasteiger charge is 2.24. The summed E-state index contributed by atoms with van der Waals surface area (Å²) in [6, 6.07) is 17.4. The molecule has 0 bridgehead atoms. The van der Waals surface area contributed by atoms with E-state index in [1.807, 2.05) is 66.4 Å². The molecule has 0 spiro atoms. The summed E-state index contributed by atoms with van der Waals surface area (Å²) in [5, 5.41) is 1.19. The van der Waals surface area contributed by atoms with Crippen LogP contribution >= 0.6 is 11.8 Å². The van der Waals surface area contributed by atoms with Crippen molar-refractivity contribution in [2.24, 2.45) is 0 Å². The predicted molar refractivity (Wildman–Crippen MR) is 122 cm³/mol. The Morgan fingerprint density at radius 3 is 2.63 bits per heavy atom. The van der Waals surface area contributed by atoms with Crippen molar-refractivity contribution in [3.05, 3.63) is 70.5 Å². The number of fused-ring (bicyclic) bond motifs is 1. The molecule has 4 rings (SSSR count). The van der Waals surface area contributed by atoms with Crippen LogP contribution in [0.1, 0.15) is 44.7 Å². The topological polar surface area (TPSA) is 55.2 Å². The molecule has 0 unspecified atom stereocenters. The smallest absolute Gasteiger partial charge is 0.262 e. The first kappa shape index (κ1) is 20.7. The monoisotopic (exact) mass is 421 g/mol. The van der Waals surface area contributed by atoms with E-state index < -0.39 is 0 Å². The summed E-state index contributed by atoms with van der Waals surface area (Å²) in [4.78, 5) is 33.0. The van der Waals surface area contributed by atoms with Gasteiger partial charge in [0.05, 0.1) is 22.7 Å². The zero-order valence-electron chi connectivity index (χ0n) is 17.5. The SMILES string of the molecule is C[C@@H]1CCCCN1C(=O)CSc1nc2ccccc2c(=O)n1[C@H](C)c1ccccc1. The highest BCUT2D eigenvalue weighted by molar-refractivity contribution is 7.99. The molecule has 1 fully saturated rings. The van der Waals surface area contributed by atoms with Gasteiger partial charge in [-0.3, -0.25) is 14.2 Å². The first-order valence-corrected chi connectivity index (χ1v) is 11.5. The lowest BCUT2D eigenvalue weighted by atomic mass is 10.0. The minimum Gasteiger partial charge on any atom is -0.339 e. The van der Waals surface area contributed by atoms with E-state index in [9.17, 15) is 9.59 Å². The molecule has 1 aliphatic rings. The van der Waals surface area contributed by atoms with Crippen LogP contribution in [0.25, 0.3) is 10.9 Å². The van der Waals surface area contributed by atoms with Gasteiger partial charge in [0.2, 0.25) is 5.91 Å². The Morgan fingerprint density at radius 2 is 1.87 bits per heavy atom. The Bertz CT molecular complexity index is 1100. The minimum absolute atomic E-state index is 0.0711. The van der Waals surface area contributed by atoms with Gasteiger partial charge in [-0.2, -0.15) is 0 Å². The van der Waals surface area contributed by atoms with Gasteiger partial charge in [0, 0.05) is 12.6 Å². The van der Waals surface area contributed by atoms with Gasteiger partial charge in [-0.15, -0.1) is 0 Å². The number of para-hydroxylation sites is 1. The molecule has 2 atom stereocenters. The third kappa shape index (κ3) is 4.15. The molecular formula is C24H27N3O2S. The second-order valence-electron chi connectivity index (χ2n) is 7.89. The first-order chi connectivity index (χ1) is 14.6.